The van der Waals surface area contributed by atoms with Crippen LogP contribution in [0.5, 0.6) is 5.75 Å². The molecule has 12 N–H and O–H groups in total. The first kappa shape index (κ1) is 50.9. The Balaban J connectivity index is 1.73. The Hall–Kier alpha value is -4.73. The van der Waals surface area contributed by atoms with Crippen LogP contribution in [0.4, 0.5) is 0 Å². The second-order valence-electron chi connectivity index (χ2n) is 17.0. The van der Waals surface area contributed by atoms with Crippen molar-refractivity contribution in [2.45, 2.75) is 171 Å². The van der Waals surface area contributed by atoms with E-state index in [1.165, 1.54) is 36.1 Å². The number of aromatic hydroxyl groups is 1. The van der Waals surface area contributed by atoms with Crippen LogP contribution in [0.2, 0.25) is 0 Å². The first-order valence-electron chi connectivity index (χ1n) is 22.2. The van der Waals surface area contributed by atoms with E-state index < -0.39 is 115 Å². The topological polar surface area (TPSA) is 321 Å². The lowest BCUT2D eigenvalue weighted by atomic mass is 9.98. The highest BCUT2D eigenvalue weighted by atomic mass is 16.3. The number of carbonyl (C=O) groups is 7. The maximum absolute atomic E-state index is 14.3. The number of carbonyl (C=O) groups excluding carboxylic acids is 7. The fraction of sp³-hybridized carbons (Fsp3) is 0.698. The van der Waals surface area contributed by atoms with Gasteiger partial charge in [-0.3, -0.25) is 33.6 Å². The van der Waals surface area contributed by atoms with Crippen molar-refractivity contribution in [3.8, 4) is 5.75 Å². The van der Waals surface area contributed by atoms with E-state index in [1.54, 1.807) is 0 Å². The Morgan fingerprint density at radius 3 is 2.17 bits per heavy atom. The van der Waals surface area contributed by atoms with Crippen LogP contribution < -0.4 is 27.0 Å². The summed E-state index contributed by atoms with van der Waals surface area (Å²) in [5.41, 5.74) is 5.98. The first-order chi connectivity index (χ1) is 29.9. The molecule has 1 aromatic rings. The molecule has 20 heteroatoms. The number of hydrogen-bond donors (Lipinski definition) is 11. The molecule has 0 aromatic heterocycles. The van der Waals surface area contributed by atoms with Gasteiger partial charge >= 0.3 is 0 Å². The van der Waals surface area contributed by atoms with Gasteiger partial charge in [0, 0.05) is 45.2 Å². The Morgan fingerprint density at radius 1 is 0.825 bits per heavy atom. The summed E-state index contributed by atoms with van der Waals surface area (Å²) < 4.78 is 0. The molecule has 3 aliphatic heterocycles. The fourth-order valence-electron chi connectivity index (χ4n) is 8.41. The summed E-state index contributed by atoms with van der Waals surface area (Å²) in [6.45, 7) is 2.82. The van der Waals surface area contributed by atoms with E-state index >= 15 is 0 Å². The molecule has 352 valence electrons. The van der Waals surface area contributed by atoms with E-state index in [2.05, 4.69) is 21.3 Å². The molecular weight excluding hydrogens is 823 g/mol. The minimum absolute atomic E-state index is 0.0232. The van der Waals surface area contributed by atoms with Crippen molar-refractivity contribution in [2.75, 3.05) is 19.6 Å². The number of ketones is 1. The number of aliphatic hydroxyl groups is 5. The number of nitrogens with zero attached hydrogens (tertiary/aromatic N) is 2. The minimum Gasteiger partial charge on any atom is -0.508 e. The van der Waals surface area contributed by atoms with Crippen molar-refractivity contribution in [3.63, 3.8) is 0 Å². The number of rotatable bonds is 12. The van der Waals surface area contributed by atoms with Crippen LogP contribution in [0.3, 0.4) is 0 Å². The van der Waals surface area contributed by atoms with Gasteiger partial charge in [-0.2, -0.15) is 0 Å². The standard InChI is InChI=1S/C43H67N7O13/c1-3-4-5-12-36(58)45-29-20-27(53)9-6-7-11-33(55)31-10-8-19-49(31)43(63)38(34(56)17-18-44)48-40(60)30(22-35(57)25-13-15-26(52)16-14-25)46-41(61)32-21-28(54)23-50(32)42(62)37(24(2)51)47-39(29)59/h13-16,24,27-32,34-35,37-38,51-54,56-57H,3-12,17-23,44H2,1-2H3,(H,45,58)(H,46,61)(H,47,59)(H,48,60). The number of benzene rings is 1. The summed E-state index contributed by atoms with van der Waals surface area (Å²) in [5, 5.41) is 75.1. The number of nitrogens with one attached hydrogen (secondary N) is 4. The van der Waals surface area contributed by atoms with Crippen LogP contribution in [0.1, 0.15) is 115 Å². The number of fused-ring (bicyclic) bond motifs is 2. The number of hydrogen-bond acceptors (Lipinski definition) is 14. The van der Waals surface area contributed by atoms with Crippen LogP contribution in [-0.2, 0) is 33.6 Å². The molecule has 3 fully saturated rings. The van der Waals surface area contributed by atoms with Crippen LogP contribution >= 0.6 is 0 Å². The van der Waals surface area contributed by atoms with Crippen molar-refractivity contribution in [1.29, 1.82) is 0 Å². The zero-order valence-electron chi connectivity index (χ0n) is 36.2. The van der Waals surface area contributed by atoms with Gasteiger partial charge in [0.2, 0.25) is 35.4 Å². The van der Waals surface area contributed by atoms with Crippen LogP contribution in [0, 0.1) is 0 Å². The van der Waals surface area contributed by atoms with Crippen LogP contribution in [-0.4, -0.2) is 162 Å². The van der Waals surface area contributed by atoms with Gasteiger partial charge in [-0.15, -0.1) is 0 Å². The molecule has 11 unspecified atom stereocenters. The lowest BCUT2D eigenvalue weighted by molar-refractivity contribution is -0.146. The monoisotopic (exact) mass is 889 g/mol. The highest BCUT2D eigenvalue weighted by Gasteiger charge is 2.45. The molecular formula is C43H67N7O13. The van der Waals surface area contributed by atoms with Gasteiger partial charge in [-0.1, -0.05) is 38.3 Å². The number of Topliss-reactive ketones (excluding diaryl/α,β-unsaturated/α-hetero) is 1. The van der Waals surface area contributed by atoms with Crippen molar-refractivity contribution in [3.05, 3.63) is 29.8 Å². The third-order valence-electron chi connectivity index (χ3n) is 12.0. The molecule has 0 spiro atoms. The Bertz CT molecular complexity index is 1730. The molecule has 63 heavy (non-hydrogen) atoms. The third kappa shape index (κ3) is 14.4. The van der Waals surface area contributed by atoms with Crippen molar-refractivity contribution in [2.24, 2.45) is 5.73 Å². The number of amides is 6. The van der Waals surface area contributed by atoms with Crippen molar-refractivity contribution < 1.29 is 64.2 Å². The summed E-state index contributed by atoms with van der Waals surface area (Å²) in [7, 11) is 0. The van der Waals surface area contributed by atoms with Gasteiger partial charge in [0.15, 0.2) is 5.78 Å². The molecule has 0 saturated carbocycles. The van der Waals surface area contributed by atoms with E-state index in [0.29, 0.717) is 32.1 Å². The molecule has 0 radical (unpaired) electrons. The maximum Gasteiger partial charge on any atom is 0.248 e. The van der Waals surface area contributed by atoms with E-state index in [9.17, 15) is 64.2 Å². The normalized spacial score (nSPS) is 28.9. The van der Waals surface area contributed by atoms with Crippen LogP contribution in [0.15, 0.2) is 24.3 Å². The predicted octanol–water partition coefficient (Wildman–Crippen LogP) is -1.73. The molecule has 11 atom stereocenters. The zero-order chi connectivity index (χ0) is 46.4. The molecule has 3 aliphatic rings. The number of phenolic OH excluding ortho intramolecular Hbond substituents is 1. The summed E-state index contributed by atoms with van der Waals surface area (Å²) in [6.07, 6.45) is -4.45. The molecule has 3 saturated heterocycles. The third-order valence-corrected chi connectivity index (χ3v) is 12.0. The second-order valence-corrected chi connectivity index (χ2v) is 17.0. The first-order valence-corrected chi connectivity index (χ1v) is 22.2. The number of nitrogens with two attached hydrogens (primary N) is 1. The van der Waals surface area contributed by atoms with Crippen LogP contribution in [0.25, 0.3) is 0 Å². The lowest BCUT2D eigenvalue weighted by Gasteiger charge is -2.33. The van der Waals surface area contributed by atoms with E-state index in [0.717, 1.165) is 17.7 Å². The average Bonchev–Trinajstić information content (AvgIpc) is 3.90. The Labute approximate surface area is 367 Å². The lowest BCUT2D eigenvalue weighted by Crippen LogP contribution is -2.62. The smallest absolute Gasteiger partial charge is 0.248 e. The van der Waals surface area contributed by atoms with Gasteiger partial charge in [-0.25, -0.2) is 0 Å². The quantitative estimate of drug-likeness (QED) is 0.104. The summed E-state index contributed by atoms with van der Waals surface area (Å²) in [6, 6.07) is -3.34. The summed E-state index contributed by atoms with van der Waals surface area (Å²) in [4.78, 5) is 99.5. The molecule has 4 rings (SSSR count). The highest BCUT2D eigenvalue weighted by Crippen LogP contribution is 2.26. The van der Waals surface area contributed by atoms with E-state index in [4.69, 9.17) is 5.73 Å². The highest BCUT2D eigenvalue weighted by molar-refractivity contribution is 5.98. The number of unbranched alkanes of at least 4 members (excludes halogenated alkanes) is 2. The SMILES string of the molecule is CCCCCC(=O)NC1CC(O)CCCCC(=O)C2CCCN2C(=O)C(C(O)CCN)NC(=O)C(CC(O)c2ccc(O)cc2)NC(=O)C2CC(O)CN2C(=O)C(C(C)O)NC1=O. The maximum atomic E-state index is 14.3. The summed E-state index contributed by atoms with van der Waals surface area (Å²) >= 11 is 0. The van der Waals surface area contributed by atoms with Crippen molar-refractivity contribution >= 4 is 41.2 Å². The van der Waals surface area contributed by atoms with Gasteiger partial charge in [-0.05, 0) is 69.7 Å². The summed E-state index contributed by atoms with van der Waals surface area (Å²) in [5.74, 6) is -5.50. The van der Waals surface area contributed by atoms with Crippen molar-refractivity contribution in [1.82, 2.24) is 31.1 Å². The number of aliphatic hydroxyl groups excluding tert-OH is 5. The van der Waals surface area contributed by atoms with Gasteiger partial charge in [0.25, 0.3) is 0 Å². The minimum atomic E-state index is -1.71. The fourth-order valence-corrected chi connectivity index (χ4v) is 8.41. The van der Waals surface area contributed by atoms with E-state index in [1.807, 2.05) is 6.92 Å². The van der Waals surface area contributed by atoms with Gasteiger partial charge in [0.05, 0.1) is 36.6 Å². The Kier molecular flexibility index (Phi) is 19.7. The molecule has 0 aliphatic carbocycles. The molecule has 6 amide bonds. The average molecular weight is 890 g/mol. The molecule has 20 nitrogen and oxygen atoms in total. The number of phenols is 1. The van der Waals surface area contributed by atoms with Gasteiger partial charge in [0.1, 0.15) is 36.0 Å². The second kappa shape index (κ2) is 24.4. The largest absolute Gasteiger partial charge is 0.508 e. The molecule has 0 bridgehead atoms. The zero-order valence-corrected chi connectivity index (χ0v) is 36.2. The molecule has 1 aromatic carbocycles. The predicted molar refractivity (Wildman–Crippen MR) is 226 cm³/mol. The van der Waals surface area contributed by atoms with Gasteiger partial charge < -0.3 is 67.4 Å². The van der Waals surface area contributed by atoms with E-state index in [-0.39, 0.29) is 68.7 Å². The molecule has 3 heterocycles. The Morgan fingerprint density at radius 2 is 1.51 bits per heavy atom.